The highest BCUT2D eigenvalue weighted by atomic mass is 35.6. The van der Waals surface area contributed by atoms with E-state index in [0.29, 0.717) is 30.3 Å². The van der Waals surface area contributed by atoms with E-state index in [1.807, 2.05) is 21.6 Å². The Morgan fingerprint density at radius 1 is 1.03 bits per heavy atom. The summed E-state index contributed by atoms with van der Waals surface area (Å²) < 4.78 is 0.0386. The van der Waals surface area contributed by atoms with Crippen LogP contribution in [-0.4, -0.2) is 43.5 Å². The number of carbonyl (C=O) groups is 1. The third-order valence-electron chi connectivity index (χ3n) is 5.67. The van der Waals surface area contributed by atoms with Gasteiger partial charge in [0.15, 0.2) is 5.11 Å². The van der Waals surface area contributed by atoms with Crippen LogP contribution >= 0.6 is 47.0 Å². The number of thiocarbonyl (C=S) groups is 1. The van der Waals surface area contributed by atoms with E-state index in [-0.39, 0.29) is 23.3 Å². The Kier molecular flexibility index (Phi) is 6.49. The molecule has 1 aromatic heterocycles. The summed E-state index contributed by atoms with van der Waals surface area (Å²) in [7, 11) is 0. The molecule has 0 spiro atoms. The highest BCUT2D eigenvalue weighted by molar-refractivity contribution is 7.80. The van der Waals surface area contributed by atoms with Crippen molar-refractivity contribution < 1.29 is 4.79 Å². The van der Waals surface area contributed by atoms with E-state index in [1.54, 1.807) is 36.4 Å². The number of pyridine rings is 1. The molecule has 31 heavy (non-hydrogen) atoms. The Hall–Kier alpha value is -1.80. The average molecular weight is 500 g/mol. The molecule has 1 saturated heterocycles. The Morgan fingerprint density at radius 3 is 2.48 bits per heavy atom. The van der Waals surface area contributed by atoms with E-state index in [0.717, 1.165) is 12.1 Å². The standard InChI is InChI=1S/C21H21Cl3N4O2S/c22-21(23,24)19(25-18(30)14-5-2-1-3-6-14)26-20(31)27-10-13-9-15(12-27)16-7-4-8-17(29)28(16)11-13/h1-8,13,15,19H,9-12H2,(H,25,30)(H,26,31)/t13-,15-,19-/m0/s1. The summed E-state index contributed by atoms with van der Waals surface area (Å²) in [4.78, 5) is 26.8. The number of aromatic nitrogens is 1. The van der Waals surface area contributed by atoms with Gasteiger partial charge in [0, 0.05) is 42.9 Å². The van der Waals surface area contributed by atoms with Crippen LogP contribution in [0.25, 0.3) is 0 Å². The van der Waals surface area contributed by atoms with Crippen LogP contribution in [0, 0.1) is 5.92 Å². The topological polar surface area (TPSA) is 66.4 Å². The first kappa shape index (κ1) is 22.4. The van der Waals surface area contributed by atoms with Crippen molar-refractivity contribution in [3.8, 4) is 0 Å². The second kappa shape index (κ2) is 8.98. The Bertz CT molecular complexity index is 1040. The molecule has 0 saturated carbocycles. The number of nitrogens with one attached hydrogen (secondary N) is 2. The lowest BCUT2D eigenvalue weighted by Crippen LogP contribution is -2.60. The molecule has 6 nitrogen and oxygen atoms in total. The number of piperidine rings is 1. The number of hydrogen-bond acceptors (Lipinski definition) is 3. The normalized spacial score (nSPS) is 21.1. The number of likely N-dealkylation sites (tertiary alicyclic amines) is 1. The first-order valence-corrected chi connectivity index (χ1v) is 11.4. The highest BCUT2D eigenvalue weighted by Gasteiger charge is 2.39. The molecule has 2 bridgehead atoms. The minimum Gasteiger partial charge on any atom is -0.348 e. The van der Waals surface area contributed by atoms with Crippen molar-refractivity contribution >= 4 is 58.0 Å². The van der Waals surface area contributed by atoms with Gasteiger partial charge in [-0.1, -0.05) is 59.1 Å². The van der Waals surface area contributed by atoms with Crippen LogP contribution in [0.1, 0.15) is 28.4 Å². The van der Waals surface area contributed by atoms with E-state index in [1.165, 1.54) is 0 Å². The lowest BCUT2D eigenvalue weighted by atomic mass is 9.83. The predicted molar refractivity (Wildman–Crippen MR) is 127 cm³/mol. The maximum Gasteiger partial charge on any atom is 0.252 e. The minimum absolute atomic E-state index is 0.0289. The number of carbonyl (C=O) groups excluding carboxylic acids is 1. The van der Waals surface area contributed by atoms with Crippen molar-refractivity contribution in [2.45, 2.75) is 28.8 Å². The van der Waals surface area contributed by atoms with Crippen LogP contribution < -0.4 is 16.2 Å². The molecule has 2 aliphatic rings. The van der Waals surface area contributed by atoms with Crippen molar-refractivity contribution in [1.82, 2.24) is 20.1 Å². The van der Waals surface area contributed by atoms with Crippen molar-refractivity contribution in [3.63, 3.8) is 0 Å². The molecule has 0 aliphatic carbocycles. The van der Waals surface area contributed by atoms with Gasteiger partial charge in [0.1, 0.15) is 6.17 Å². The molecule has 2 aromatic rings. The molecule has 1 aromatic carbocycles. The second-order valence-corrected chi connectivity index (χ2v) is 10.6. The molecule has 0 radical (unpaired) electrons. The average Bonchev–Trinajstić information content (AvgIpc) is 2.73. The van der Waals surface area contributed by atoms with Gasteiger partial charge >= 0.3 is 0 Å². The van der Waals surface area contributed by atoms with Crippen molar-refractivity contribution in [3.05, 3.63) is 70.1 Å². The predicted octanol–water partition coefficient (Wildman–Crippen LogP) is 3.27. The highest BCUT2D eigenvalue weighted by Crippen LogP contribution is 2.35. The minimum atomic E-state index is -1.82. The zero-order valence-electron chi connectivity index (χ0n) is 16.4. The van der Waals surface area contributed by atoms with E-state index in [4.69, 9.17) is 47.0 Å². The maximum absolute atomic E-state index is 12.6. The molecule has 2 aliphatic heterocycles. The Labute approximate surface area is 200 Å². The van der Waals surface area contributed by atoms with Crippen LogP contribution in [0.2, 0.25) is 0 Å². The van der Waals surface area contributed by atoms with E-state index in [9.17, 15) is 9.59 Å². The van der Waals surface area contributed by atoms with E-state index < -0.39 is 9.96 Å². The number of hydrogen-bond donors (Lipinski definition) is 2. The van der Waals surface area contributed by atoms with Gasteiger partial charge in [-0.2, -0.15) is 0 Å². The largest absolute Gasteiger partial charge is 0.348 e. The van der Waals surface area contributed by atoms with Crippen molar-refractivity contribution in [2.24, 2.45) is 5.92 Å². The molecule has 4 rings (SSSR count). The van der Waals surface area contributed by atoms with Gasteiger partial charge in [-0.15, -0.1) is 0 Å². The zero-order chi connectivity index (χ0) is 22.2. The van der Waals surface area contributed by atoms with Crippen molar-refractivity contribution in [1.29, 1.82) is 0 Å². The summed E-state index contributed by atoms with van der Waals surface area (Å²) in [6.07, 6.45) is -0.0179. The molecular weight excluding hydrogens is 479 g/mol. The van der Waals surface area contributed by atoms with Gasteiger partial charge in [-0.25, -0.2) is 0 Å². The summed E-state index contributed by atoms with van der Waals surface area (Å²) >= 11 is 24.0. The van der Waals surface area contributed by atoms with Crippen molar-refractivity contribution in [2.75, 3.05) is 13.1 Å². The summed E-state index contributed by atoms with van der Waals surface area (Å²) in [5.41, 5.74) is 1.50. The Balaban J connectivity index is 1.47. The first-order chi connectivity index (χ1) is 14.7. The van der Waals surface area contributed by atoms with E-state index in [2.05, 4.69) is 10.6 Å². The third-order valence-corrected chi connectivity index (χ3v) is 6.70. The molecule has 10 heteroatoms. The fourth-order valence-corrected chi connectivity index (χ4v) is 4.88. The molecule has 2 N–H and O–H groups in total. The summed E-state index contributed by atoms with van der Waals surface area (Å²) in [5, 5.41) is 6.12. The lowest BCUT2D eigenvalue weighted by Gasteiger charge is -2.44. The summed E-state index contributed by atoms with van der Waals surface area (Å²) in [6.45, 7) is 1.98. The van der Waals surface area contributed by atoms with Gasteiger partial charge in [0.05, 0.1) is 0 Å². The van der Waals surface area contributed by atoms with Crippen LogP contribution in [0.3, 0.4) is 0 Å². The lowest BCUT2D eigenvalue weighted by molar-refractivity contribution is 0.0932. The monoisotopic (exact) mass is 498 g/mol. The van der Waals surface area contributed by atoms with Crippen LogP contribution in [0.5, 0.6) is 0 Å². The van der Waals surface area contributed by atoms with Gasteiger partial charge in [0.2, 0.25) is 3.79 Å². The zero-order valence-corrected chi connectivity index (χ0v) is 19.5. The van der Waals surface area contributed by atoms with Gasteiger partial charge in [0.25, 0.3) is 11.5 Å². The van der Waals surface area contributed by atoms with E-state index >= 15 is 0 Å². The van der Waals surface area contributed by atoms with Gasteiger partial charge < -0.3 is 20.1 Å². The molecule has 1 amide bonds. The summed E-state index contributed by atoms with van der Waals surface area (Å²) in [5.74, 6) is 0.0959. The van der Waals surface area contributed by atoms with Gasteiger partial charge in [-0.05, 0) is 42.8 Å². The number of nitrogens with zero attached hydrogens (tertiary/aromatic N) is 2. The third kappa shape index (κ3) is 5.00. The molecular formula is C21H21Cl3N4O2S. The number of halogens is 3. The van der Waals surface area contributed by atoms with Crippen LogP contribution in [0.4, 0.5) is 0 Å². The SMILES string of the molecule is O=C(N[C@@H](NC(=S)N1C[C@@H]2C[C@@H](C1)c1cccc(=O)n1C2)C(Cl)(Cl)Cl)c1ccccc1. The number of rotatable bonds is 3. The first-order valence-electron chi connectivity index (χ1n) is 9.90. The summed E-state index contributed by atoms with van der Waals surface area (Å²) in [6, 6.07) is 14.1. The molecule has 1 fully saturated rings. The molecule has 3 heterocycles. The maximum atomic E-state index is 12.6. The van der Waals surface area contributed by atoms with Gasteiger partial charge in [-0.3, -0.25) is 9.59 Å². The molecule has 0 unspecified atom stereocenters. The molecule has 164 valence electrons. The van der Waals surface area contributed by atoms with Crippen LogP contribution in [-0.2, 0) is 6.54 Å². The van der Waals surface area contributed by atoms with Crippen LogP contribution in [0.15, 0.2) is 53.3 Å². The molecule has 3 atom stereocenters. The number of fused-ring (bicyclic) bond motifs is 4. The Morgan fingerprint density at radius 2 is 1.77 bits per heavy atom. The smallest absolute Gasteiger partial charge is 0.252 e. The fraction of sp³-hybridized carbons (Fsp3) is 0.381. The fourth-order valence-electron chi connectivity index (χ4n) is 4.28. The second-order valence-electron chi connectivity index (χ2n) is 7.87. The quantitative estimate of drug-likeness (QED) is 0.385. The number of amides is 1. The number of benzene rings is 1. The number of alkyl halides is 3.